The monoisotopic (exact) mass is 412 g/mol. The van der Waals surface area contributed by atoms with Crippen LogP contribution >= 0.6 is 11.6 Å². The summed E-state index contributed by atoms with van der Waals surface area (Å²) in [5.74, 6) is 1.12. The largest absolute Gasteiger partial charge is 0.335 e. The Morgan fingerprint density at radius 2 is 1.69 bits per heavy atom. The van der Waals surface area contributed by atoms with Gasteiger partial charge in [-0.1, -0.05) is 44.5 Å². The van der Waals surface area contributed by atoms with Crippen LogP contribution in [0.4, 0.5) is 5.82 Å². The molecule has 2 aliphatic rings. The summed E-state index contributed by atoms with van der Waals surface area (Å²) in [6, 6.07) is 7.96. The molecule has 1 aromatic heterocycles. The quantitative estimate of drug-likeness (QED) is 0.744. The maximum absolute atomic E-state index is 12.8. The van der Waals surface area contributed by atoms with Gasteiger partial charge in [0, 0.05) is 23.5 Å². The first-order valence-electron chi connectivity index (χ1n) is 10.4. The Kier molecular flexibility index (Phi) is 5.63. The summed E-state index contributed by atoms with van der Waals surface area (Å²) < 4.78 is 0. The van der Waals surface area contributed by atoms with Gasteiger partial charge in [0.2, 0.25) is 0 Å². The minimum absolute atomic E-state index is 0.219. The SMILES string of the molecule is CC(C)(C)C(=O)CN1CN(Cc2ccc(Cl)cc2)Cc2nc3c(nc21)CCCC3. The zero-order valence-electron chi connectivity index (χ0n) is 17.5. The fraction of sp³-hybridized carbons (Fsp3) is 0.522. The molecule has 154 valence electrons. The second-order valence-corrected chi connectivity index (χ2v) is 9.66. The van der Waals surface area contributed by atoms with E-state index >= 15 is 0 Å². The number of hydrogen-bond acceptors (Lipinski definition) is 5. The normalized spacial score (nSPS) is 17.0. The average Bonchev–Trinajstić information content (AvgIpc) is 2.67. The first-order valence-corrected chi connectivity index (χ1v) is 10.8. The summed E-state index contributed by atoms with van der Waals surface area (Å²) in [6.07, 6.45) is 4.35. The highest BCUT2D eigenvalue weighted by Crippen LogP contribution is 2.30. The Morgan fingerprint density at radius 1 is 1.03 bits per heavy atom. The number of anilines is 1. The van der Waals surface area contributed by atoms with Crippen molar-refractivity contribution < 1.29 is 4.79 Å². The van der Waals surface area contributed by atoms with Gasteiger partial charge in [0.15, 0.2) is 11.6 Å². The molecular formula is C23H29ClN4O. The van der Waals surface area contributed by atoms with Crippen molar-refractivity contribution in [3.05, 3.63) is 51.9 Å². The van der Waals surface area contributed by atoms with Crippen LogP contribution in [0.1, 0.15) is 56.3 Å². The van der Waals surface area contributed by atoms with Crippen LogP contribution in [0, 0.1) is 5.41 Å². The average molecular weight is 413 g/mol. The van der Waals surface area contributed by atoms with Gasteiger partial charge in [-0.2, -0.15) is 0 Å². The standard InChI is InChI=1S/C23H29ClN4O/c1-23(2,3)21(29)14-28-15-27(12-16-8-10-17(24)11-9-16)13-20-22(28)26-19-7-5-4-6-18(19)25-20/h8-11H,4-7,12-15H2,1-3H3. The molecule has 0 unspecified atom stereocenters. The van der Waals surface area contributed by atoms with Gasteiger partial charge in [-0.15, -0.1) is 0 Å². The lowest BCUT2D eigenvalue weighted by Crippen LogP contribution is -2.47. The van der Waals surface area contributed by atoms with Gasteiger partial charge in [0.25, 0.3) is 0 Å². The van der Waals surface area contributed by atoms with Crippen molar-refractivity contribution in [2.75, 3.05) is 18.1 Å². The lowest BCUT2D eigenvalue weighted by molar-refractivity contribution is -0.125. The number of aryl methyl sites for hydroxylation is 2. The first kappa shape index (κ1) is 20.3. The summed E-state index contributed by atoms with van der Waals surface area (Å²) in [7, 11) is 0. The highest BCUT2D eigenvalue weighted by atomic mass is 35.5. The molecule has 0 N–H and O–H groups in total. The lowest BCUT2D eigenvalue weighted by Gasteiger charge is -2.38. The van der Waals surface area contributed by atoms with Crippen molar-refractivity contribution in [1.82, 2.24) is 14.9 Å². The van der Waals surface area contributed by atoms with Crippen molar-refractivity contribution in [1.29, 1.82) is 0 Å². The number of carbonyl (C=O) groups excluding carboxylic acids is 1. The number of rotatable bonds is 4. The fourth-order valence-electron chi connectivity index (χ4n) is 3.94. The third kappa shape index (κ3) is 4.62. The van der Waals surface area contributed by atoms with Gasteiger partial charge in [-0.05, 0) is 43.4 Å². The topological polar surface area (TPSA) is 49.3 Å². The van der Waals surface area contributed by atoms with Gasteiger partial charge < -0.3 is 4.90 Å². The highest BCUT2D eigenvalue weighted by molar-refractivity contribution is 6.30. The summed E-state index contributed by atoms with van der Waals surface area (Å²) in [4.78, 5) is 27.2. The lowest BCUT2D eigenvalue weighted by atomic mass is 9.90. The van der Waals surface area contributed by atoms with E-state index in [0.717, 1.165) is 53.9 Å². The predicted molar refractivity (Wildman–Crippen MR) is 116 cm³/mol. The van der Waals surface area contributed by atoms with Gasteiger partial charge in [0.1, 0.15) is 0 Å². The van der Waals surface area contributed by atoms with E-state index in [1.807, 2.05) is 32.9 Å². The molecule has 0 saturated heterocycles. The zero-order chi connectivity index (χ0) is 20.6. The molecule has 5 nitrogen and oxygen atoms in total. The van der Waals surface area contributed by atoms with E-state index in [4.69, 9.17) is 21.6 Å². The summed E-state index contributed by atoms with van der Waals surface area (Å²) in [5.41, 5.74) is 4.08. The molecule has 1 aliphatic heterocycles. The van der Waals surface area contributed by atoms with Crippen LogP contribution < -0.4 is 4.90 Å². The molecule has 0 fully saturated rings. The number of fused-ring (bicyclic) bond motifs is 2. The number of carbonyl (C=O) groups is 1. The Labute approximate surface area is 178 Å². The minimum Gasteiger partial charge on any atom is -0.335 e. The molecule has 1 aliphatic carbocycles. The smallest absolute Gasteiger partial charge is 0.157 e. The van der Waals surface area contributed by atoms with Crippen LogP contribution in [0.15, 0.2) is 24.3 Å². The second-order valence-electron chi connectivity index (χ2n) is 9.22. The minimum atomic E-state index is -0.375. The maximum Gasteiger partial charge on any atom is 0.157 e. The molecule has 29 heavy (non-hydrogen) atoms. The molecule has 2 heterocycles. The Bertz CT molecular complexity index is 904. The number of ketones is 1. The fourth-order valence-corrected chi connectivity index (χ4v) is 4.06. The second kappa shape index (κ2) is 8.04. The number of aromatic nitrogens is 2. The van der Waals surface area contributed by atoms with Gasteiger partial charge in [-0.3, -0.25) is 14.7 Å². The molecule has 1 aromatic carbocycles. The number of Topliss-reactive ketones (excluding diaryl/α,β-unsaturated/α-hetero) is 1. The molecule has 0 atom stereocenters. The third-order valence-electron chi connectivity index (χ3n) is 5.71. The van der Waals surface area contributed by atoms with Crippen molar-refractivity contribution in [3.63, 3.8) is 0 Å². The number of hydrogen-bond donors (Lipinski definition) is 0. The summed E-state index contributed by atoms with van der Waals surface area (Å²) >= 11 is 6.03. The third-order valence-corrected chi connectivity index (χ3v) is 5.97. The van der Waals surface area contributed by atoms with Crippen molar-refractivity contribution in [2.45, 2.75) is 59.5 Å². The molecular weight excluding hydrogens is 384 g/mol. The number of benzene rings is 1. The van der Waals surface area contributed by atoms with Gasteiger partial charge in [-0.25, -0.2) is 4.98 Å². The molecule has 6 heteroatoms. The molecule has 0 amide bonds. The summed E-state index contributed by atoms with van der Waals surface area (Å²) in [5, 5.41) is 0.743. The predicted octanol–water partition coefficient (Wildman–Crippen LogP) is 4.40. The van der Waals surface area contributed by atoms with Crippen LogP contribution in [0.5, 0.6) is 0 Å². The van der Waals surface area contributed by atoms with Crippen molar-refractivity contribution >= 4 is 23.2 Å². The molecule has 0 saturated carbocycles. The van der Waals surface area contributed by atoms with Crippen molar-refractivity contribution in [3.8, 4) is 0 Å². The Balaban J connectivity index is 1.63. The van der Waals surface area contributed by atoms with Crippen LogP contribution in [0.2, 0.25) is 5.02 Å². The Hall–Kier alpha value is -1.98. The number of nitrogens with zero attached hydrogens (tertiary/aromatic N) is 4. The van der Waals surface area contributed by atoms with Gasteiger partial charge in [0.05, 0.1) is 30.3 Å². The highest BCUT2D eigenvalue weighted by Gasteiger charge is 2.31. The van der Waals surface area contributed by atoms with Crippen LogP contribution in [0.3, 0.4) is 0 Å². The van der Waals surface area contributed by atoms with E-state index in [9.17, 15) is 4.79 Å². The molecule has 2 aromatic rings. The van der Waals surface area contributed by atoms with Gasteiger partial charge >= 0.3 is 0 Å². The van der Waals surface area contributed by atoms with E-state index in [1.54, 1.807) is 0 Å². The van der Waals surface area contributed by atoms with Crippen LogP contribution in [0.25, 0.3) is 0 Å². The van der Waals surface area contributed by atoms with E-state index in [1.165, 1.54) is 18.4 Å². The molecule has 0 spiro atoms. The van der Waals surface area contributed by atoms with Crippen molar-refractivity contribution in [2.24, 2.45) is 5.41 Å². The summed E-state index contributed by atoms with van der Waals surface area (Å²) in [6.45, 7) is 8.50. The van der Waals surface area contributed by atoms with Crippen LogP contribution in [-0.4, -0.2) is 33.9 Å². The Morgan fingerprint density at radius 3 is 2.34 bits per heavy atom. The van der Waals surface area contributed by atoms with E-state index in [0.29, 0.717) is 13.2 Å². The molecule has 4 rings (SSSR count). The van der Waals surface area contributed by atoms with Crippen LogP contribution in [-0.2, 0) is 30.7 Å². The maximum atomic E-state index is 12.8. The zero-order valence-corrected chi connectivity index (χ0v) is 18.3. The number of halogens is 1. The van der Waals surface area contributed by atoms with E-state index in [2.05, 4.69) is 21.9 Å². The first-order chi connectivity index (χ1) is 13.8. The van der Waals surface area contributed by atoms with E-state index in [-0.39, 0.29) is 11.2 Å². The molecule has 0 radical (unpaired) electrons. The van der Waals surface area contributed by atoms with E-state index < -0.39 is 0 Å². The molecule has 0 bridgehead atoms.